The van der Waals surface area contributed by atoms with Crippen LogP contribution in [0.2, 0.25) is 0 Å². The van der Waals surface area contributed by atoms with Gasteiger partial charge in [-0.05, 0) is 37.3 Å². The van der Waals surface area contributed by atoms with Gasteiger partial charge in [0.2, 0.25) is 5.95 Å². The van der Waals surface area contributed by atoms with E-state index >= 15 is 0 Å². The van der Waals surface area contributed by atoms with Crippen LogP contribution in [0.3, 0.4) is 0 Å². The summed E-state index contributed by atoms with van der Waals surface area (Å²) in [4.78, 5) is 24.7. The standard InChI is InChI=1S/C15H17N3O.C5H7N3S/c19-15-7-3-4-10-18(15)13-8-9-14(16-11-13)17-12-5-1-2-6-12;1-9-4-2-7-5(6)8-3-4/h3-4,7-12H,1-2,5-6H2,(H,16,17);2-3H,1H3,(H2,6,7,8). The van der Waals surface area contributed by atoms with E-state index < -0.39 is 0 Å². The Labute approximate surface area is 168 Å². The summed E-state index contributed by atoms with van der Waals surface area (Å²) in [5.41, 5.74) is 6.00. The first kappa shape index (κ1) is 19.9. The van der Waals surface area contributed by atoms with Gasteiger partial charge >= 0.3 is 0 Å². The number of nitrogen functional groups attached to an aromatic ring is 1. The summed E-state index contributed by atoms with van der Waals surface area (Å²) in [6, 6.07) is 9.54. The van der Waals surface area contributed by atoms with Gasteiger partial charge in [-0.1, -0.05) is 18.9 Å². The topological polar surface area (TPSA) is 98.7 Å². The van der Waals surface area contributed by atoms with Crippen LogP contribution in [0.15, 0.2) is 64.8 Å². The second-order valence-corrected chi connectivity index (χ2v) is 7.30. The molecular weight excluding hydrogens is 372 g/mol. The minimum Gasteiger partial charge on any atom is -0.368 e. The van der Waals surface area contributed by atoms with Gasteiger partial charge in [0.05, 0.1) is 11.9 Å². The first-order valence-corrected chi connectivity index (χ1v) is 10.4. The van der Waals surface area contributed by atoms with E-state index in [-0.39, 0.29) is 5.56 Å². The Balaban J connectivity index is 0.000000211. The van der Waals surface area contributed by atoms with Gasteiger partial charge in [0, 0.05) is 35.6 Å². The average molecular weight is 397 g/mol. The summed E-state index contributed by atoms with van der Waals surface area (Å²) in [5, 5.41) is 3.44. The fourth-order valence-corrected chi connectivity index (χ4v) is 3.28. The van der Waals surface area contributed by atoms with E-state index in [0.717, 1.165) is 16.4 Å². The molecule has 7 nitrogen and oxygen atoms in total. The van der Waals surface area contributed by atoms with Gasteiger partial charge in [-0.15, -0.1) is 11.8 Å². The third-order valence-electron chi connectivity index (χ3n) is 4.44. The third-order valence-corrected chi connectivity index (χ3v) is 5.12. The van der Waals surface area contributed by atoms with Gasteiger partial charge < -0.3 is 11.1 Å². The van der Waals surface area contributed by atoms with Crippen molar-refractivity contribution in [3.05, 3.63) is 65.5 Å². The molecule has 1 fully saturated rings. The van der Waals surface area contributed by atoms with Gasteiger partial charge in [-0.3, -0.25) is 9.36 Å². The molecule has 1 aliphatic carbocycles. The number of rotatable bonds is 4. The number of hydrogen-bond donors (Lipinski definition) is 2. The zero-order valence-corrected chi connectivity index (χ0v) is 16.6. The molecule has 8 heteroatoms. The van der Waals surface area contributed by atoms with Gasteiger partial charge in [0.1, 0.15) is 5.82 Å². The Hall–Kier alpha value is -2.87. The Morgan fingerprint density at radius 2 is 1.82 bits per heavy atom. The Morgan fingerprint density at radius 3 is 2.43 bits per heavy atom. The molecule has 0 aliphatic heterocycles. The molecule has 146 valence electrons. The number of thioether (sulfide) groups is 1. The number of pyridine rings is 2. The first-order valence-electron chi connectivity index (χ1n) is 9.18. The van der Waals surface area contributed by atoms with Crippen LogP contribution in [-0.4, -0.2) is 31.8 Å². The summed E-state index contributed by atoms with van der Waals surface area (Å²) in [5.74, 6) is 1.22. The number of nitrogens with two attached hydrogens (primary N) is 1. The van der Waals surface area contributed by atoms with Gasteiger partial charge in [-0.2, -0.15) is 0 Å². The maximum Gasteiger partial charge on any atom is 0.255 e. The van der Waals surface area contributed by atoms with Crippen molar-refractivity contribution in [2.45, 2.75) is 36.6 Å². The van der Waals surface area contributed by atoms with Crippen molar-refractivity contribution in [3.8, 4) is 5.69 Å². The van der Waals surface area contributed by atoms with Crippen molar-refractivity contribution in [3.63, 3.8) is 0 Å². The highest BCUT2D eigenvalue weighted by atomic mass is 32.2. The number of aromatic nitrogens is 4. The van der Waals surface area contributed by atoms with Crippen molar-refractivity contribution in [1.29, 1.82) is 0 Å². The zero-order chi connectivity index (χ0) is 19.8. The van der Waals surface area contributed by atoms with E-state index in [0.29, 0.717) is 12.0 Å². The molecule has 3 heterocycles. The fraction of sp³-hybridized carbons (Fsp3) is 0.300. The highest BCUT2D eigenvalue weighted by Gasteiger charge is 2.14. The van der Waals surface area contributed by atoms with Crippen LogP contribution in [0.4, 0.5) is 11.8 Å². The lowest BCUT2D eigenvalue weighted by Crippen LogP contribution is -2.17. The van der Waals surface area contributed by atoms with Gasteiger partial charge in [-0.25, -0.2) is 15.0 Å². The van der Waals surface area contributed by atoms with Crippen LogP contribution < -0.4 is 16.6 Å². The highest BCUT2D eigenvalue weighted by Crippen LogP contribution is 2.21. The van der Waals surface area contributed by atoms with Crippen LogP contribution in [0.5, 0.6) is 0 Å². The molecule has 0 saturated heterocycles. The number of nitrogens with one attached hydrogen (secondary N) is 1. The molecule has 0 radical (unpaired) electrons. The molecule has 0 unspecified atom stereocenters. The maximum absolute atomic E-state index is 11.7. The van der Waals surface area contributed by atoms with E-state index in [1.807, 2.05) is 24.5 Å². The van der Waals surface area contributed by atoms with Crippen molar-refractivity contribution < 1.29 is 0 Å². The lowest BCUT2D eigenvalue weighted by atomic mass is 10.2. The molecule has 0 aromatic carbocycles. The molecule has 3 N–H and O–H groups in total. The summed E-state index contributed by atoms with van der Waals surface area (Å²) >= 11 is 1.60. The lowest BCUT2D eigenvalue weighted by molar-refractivity contribution is 0.750. The normalized spacial score (nSPS) is 13.6. The molecule has 28 heavy (non-hydrogen) atoms. The van der Waals surface area contributed by atoms with E-state index in [9.17, 15) is 4.79 Å². The highest BCUT2D eigenvalue weighted by molar-refractivity contribution is 7.98. The van der Waals surface area contributed by atoms with Crippen molar-refractivity contribution in [2.24, 2.45) is 0 Å². The average Bonchev–Trinajstić information content (AvgIpc) is 3.23. The minimum atomic E-state index is -0.0409. The number of anilines is 2. The lowest BCUT2D eigenvalue weighted by Gasteiger charge is -2.13. The maximum atomic E-state index is 11.7. The molecule has 4 rings (SSSR count). The predicted octanol–water partition coefficient (Wildman–Crippen LogP) is 3.37. The number of hydrogen-bond acceptors (Lipinski definition) is 7. The number of nitrogens with zero attached hydrogens (tertiary/aromatic N) is 4. The molecular formula is C20H24N6OS. The zero-order valence-electron chi connectivity index (χ0n) is 15.8. The Morgan fingerprint density at radius 1 is 1.07 bits per heavy atom. The van der Waals surface area contributed by atoms with Crippen molar-refractivity contribution in [1.82, 2.24) is 19.5 Å². The van der Waals surface area contributed by atoms with Gasteiger partial charge in [0.15, 0.2) is 0 Å². The van der Waals surface area contributed by atoms with E-state index in [4.69, 9.17) is 5.73 Å². The SMILES string of the molecule is CSc1cnc(N)nc1.O=c1ccccn1-c1ccc(NC2CCCC2)nc1. The smallest absolute Gasteiger partial charge is 0.255 e. The third kappa shape index (κ3) is 5.56. The second-order valence-electron chi connectivity index (χ2n) is 6.42. The molecule has 0 amide bonds. The van der Waals surface area contributed by atoms with Gasteiger partial charge in [0.25, 0.3) is 5.56 Å². The first-order chi connectivity index (χ1) is 13.7. The Bertz CT molecular complexity index is 920. The van der Waals surface area contributed by atoms with Crippen LogP contribution in [-0.2, 0) is 0 Å². The molecule has 1 aliphatic rings. The largest absolute Gasteiger partial charge is 0.368 e. The fourth-order valence-electron chi connectivity index (χ4n) is 2.97. The molecule has 1 saturated carbocycles. The van der Waals surface area contributed by atoms with E-state index in [1.54, 1.807) is 53.2 Å². The van der Waals surface area contributed by atoms with Crippen LogP contribution in [0.1, 0.15) is 25.7 Å². The summed E-state index contributed by atoms with van der Waals surface area (Å²) in [6.45, 7) is 0. The Kier molecular flexibility index (Phi) is 7.02. The predicted molar refractivity (Wildman–Crippen MR) is 114 cm³/mol. The summed E-state index contributed by atoms with van der Waals surface area (Å²) in [7, 11) is 0. The quantitative estimate of drug-likeness (QED) is 0.652. The van der Waals surface area contributed by atoms with Crippen LogP contribution in [0, 0.1) is 0 Å². The summed E-state index contributed by atoms with van der Waals surface area (Å²) in [6.07, 6.45) is 13.9. The summed E-state index contributed by atoms with van der Waals surface area (Å²) < 4.78 is 1.59. The minimum absolute atomic E-state index is 0.0409. The van der Waals surface area contributed by atoms with Crippen molar-refractivity contribution in [2.75, 3.05) is 17.3 Å². The monoisotopic (exact) mass is 396 g/mol. The van der Waals surface area contributed by atoms with E-state index in [1.165, 1.54) is 25.7 Å². The molecule has 0 bridgehead atoms. The van der Waals surface area contributed by atoms with Crippen LogP contribution in [0.25, 0.3) is 5.69 Å². The van der Waals surface area contributed by atoms with Crippen LogP contribution >= 0.6 is 11.8 Å². The molecule has 3 aromatic heterocycles. The molecule has 0 spiro atoms. The second kappa shape index (κ2) is 9.89. The van der Waals surface area contributed by atoms with E-state index in [2.05, 4.69) is 20.3 Å². The van der Waals surface area contributed by atoms with Crippen molar-refractivity contribution >= 4 is 23.5 Å². The molecule has 3 aromatic rings. The molecule has 0 atom stereocenters.